The Labute approximate surface area is 170 Å². The highest BCUT2D eigenvalue weighted by atomic mass is 16.5. The molecule has 0 saturated heterocycles. The molecular weight excluding hydrogens is 386 g/mol. The van der Waals surface area contributed by atoms with Gasteiger partial charge in [0.25, 0.3) is 5.91 Å². The van der Waals surface area contributed by atoms with Gasteiger partial charge in [0.2, 0.25) is 11.7 Å². The summed E-state index contributed by atoms with van der Waals surface area (Å²) in [7, 11) is 0. The second-order valence-electron chi connectivity index (χ2n) is 6.38. The zero-order valence-electron chi connectivity index (χ0n) is 15.9. The van der Waals surface area contributed by atoms with E-state index in [1.165, 1.54) is 0 Å². The number of aromatic nitrogens is 5. The van der Waals surface area contributed by atoms with Gasteiger partial charge in [-0.15, -0.1) is 10.2 Å². The van der Waals surface area contributed by atoms with Gasteiger partial charge in [0.1, 0.15) is 12.3 Å². The maximum Gasteiger partial charge on any atom is 0.255 e. The van der Waals surface area contributed by atoms with Gasteiger partial charge in [0.05, 0.1) is 5.69 Å². The van der Waals surface area contributed by atoms with Crippen molar-refractivity contribution >= 4 is 23.3 Å². The third kappa shape index (κ3) is 4.38. The van der Waals surface area contributed by atoms with Gasteiger partial charge < -0.3 is 15.2 Å². The number of tetrazole rings is 1. The molecule has 0 aliphatic rings. The molecule has 0 aliphatic carbocycles. The van der Waals surface area contributed by atoms with E-state index >= 15 is 0 Å². The van der Waals surface area contributed by atoms with Gasteiger partial charge in [-0.2, -0.15) is 4.80 Å². The van der Waals surface area contributed by atoms with E-state index in [1.807, 2.05) is 6.07 Å². The number of para-hydroxylation sites is 1. The number of hydrogen-bond acceptors (Lipinski definition) is 7. The molecule has 2 amide bonds. The van der Waals surface area contributed by atoms with E-state index in [0.29, 0.717) is 28.4 Å². The van der Waals surface area contributed by atoms with Gasteiger partial charge in [-0.1, -0.05) is 35.5 Å². The molecule has 0 fully saturated rings. The fraction of sp³-hybridized carbons (Fsp3) is 0.100. The minimum Gasteiger partial charge on any atom is -0.360 e. The lowest BCUT2D eigenvalue weighted by Crippen LogP contribution is -2.20. The van der Waals surface area contributed by atoms with E-state index < -0.39 is 0 Å². The van der Waals surface area contributed by atoms with Crippen molar-refractivity contribution < 1.29 is 14.1 Å². The van der Waals surface area contributed by atoms with Crippen LogP contribution >= 0.6 is 0 Å². The van der Waals surface area contributed by atoms with Crippen molar-refractivity contribution in [1.29, 1.82) is 0 Å². The second kappa shape index (κ2) is 8.35. The first-order chi connectivity index (χ1) is 14.6. The number of benzene rings is 2. The lowest BCUT2D eigenvalue weighted by molar-refractivity contribution is -0.117. The normalized spacial score (nSPS) is 10.6. The van der Waals surface area contributed by atoms with Crippen molar-refractivity contribution in [2.45, 2.75) is 13.5 Å². The SMILES string of the molecule is Cc1cc(NC(=O)Cn2nnc(-c3ccccc3NC(=O)c3ccccc3)n2)no1. The van der Waals surface area contributed by atoms with Crippen molar-refractivity contribution in [2.75, 3.05) is 10.6 Å². The monoisotopic (exact) mass is 403 g/mol. The minimum atomic E-state index is -0.377. The molecule has 0 aliphatic heterocycles. The molecule has 2 aromatic heterocycles. The van der Waals surface area contributed by atoms with Crippen molar-refractivity contribution in [3.05, 3.63) is 72.0 Å². The van der Waals surface area contributed by atoms with Crippen LogP contribution in [0.1, 0.15) is 16.1 Å². The highest BCUT2D eigenvalue weighted by Gasteiger charge is 2.15. The number of nitrogens with one attached hydrogen (secondary N) is 2. The lowest BCUT2D eigenvalue weighted by Gasteiger charge is -2.08. The van der Waals surface area contributed by atoms with Crippen molar-refractivity contribution in [1.82, 2.24) is 25.4 Å². The molecule has 2 aromatic carbocycles. The molecule has 0 atom stereocenters. The number of amides is 2. The Morgan fingerprint density at radius 2 is 1.80 bits per heavy atom. The Hall–Kier alpha value is -4.34. The zero-order valence-corrected chi connectivity index (χ0v) is 15.9. The summed E-state index contributed by atoms with van der Waals surface area (Å²) in [6.07, 6.45) is 0. The fourth-order valence-electron chi connectivity index (χ4n) is 2.73. The van der Waals surface area contributed by atoms with Crippen molar-refractivity contribution in [2.24, 2.45) is 0 Å². The molecule has 0 unspecified atom stereocenters. The minimum absolute atomic E-state index is 0.155. The molecular formula is C20H17N7O3. The number of carbonyl (C=O) groups is 2. The molecule has 10 nitrogen and oxygen atoms in total. The maximum atomic E-state index is 12.5. The van der Waals surface area contributed by atoms with Crippen LogP contribution in [-0.4, -0.2) is 37.2 Å². The first-order valence-corrected chi connectivity index (χ1v) is 9.05. The molecule has 150 valence electrons. The van der Waals surface area contributed by atoms with Crippen LogP contribution in [0.25, 0.3) is 11.4 Å². The summed E-state index contributed by atoms with van der Waals surface area (Å²) < 4.78 is 4.90. The summed E-state index contributed by atoms with van der Waals surface area (Å²) in [4.78, 5) is 25.8. The van der Waals surface area contributed by atoms with E-state index in [4.69, 9.17) is 4.52 Å². The number of rotatable bonds is 6. The van der Waals surface area contributed by atoms with E-state index in [-0.39, 0.29) is 24.2 Å². The number of nitrogens with zero attached hydrogens (tertiary/aromatic N) is 5. The standard InChI is InChI=1S/C20H17N7O3/c1-13-11-17(25-30-13)22-18(28)12-27-24-19(23-26-27)15-9-5-6-10-16(15)21-20(29)14-7-3-2-4-8-14/h2-11H,12H2,1H3,(H,21,29)(H,22,25,28). The quantitative estimate of drug-likeness (QED) is 0.506. The van der Waals surface area contributed by atoms with Gasteiger partial charge in [-0.3, -0.25) is 9.59 Å². The average molecular weight is 403 g/mol. The third-order valence-electron chi connectivity index (χ3n) is 4.09. The largest absolute Gasteiger partial charge is 0.360 e. The van der Waals surface area contributed by atoms with Crippen LogP contribution in [0.3, 0.4) is 0 Å². The molecule has 0 saturated carbocycles. The van der Waals surface area contributed by atoms with Crippen molar-refractivity contribution in [3.8, 4) is 11.4 Å². The molecule has 2 heterocycles. The smallest absolute Gasteiger partial charge is 0.255 e. The van der Waals surface area contributed by atoms with E-state index in [0.717, 1.165) is 4.80 Å². The Balaban J connectivity index is 1.48. The Kier molecular flexibility index (Phi) is 5.29. The lowest BCUT2D eigenvalue weighted by atomic mass is 10.1. The number of hydrogen-bond donors (Lipinski definition) is 2. The van der Waals surface area contributed by atoms with Crippen LogP contribution in [-0.2, 0) is 11.3 Å². The molecule has 0 spiro atoms. The summed E-state index contributed by atoms with van der Waals surface area (Å²) in [5.41, 5.74) is 1.65. The average Bonchev–Trinajstić information content (AvgIpc) is 3.37. The van der Waals surface area contributed by atoms with Crippen LogP contribution in [0.4, 0.5) is 11.5 Å². The van der Waals surface area contributed by atoms with E-state index in [9.17, 15) is 9.59 Å². The zero-order chi connectivity index (χ0) is 20.9. The van der Waals surface area contributed by atoms with Gasteiger partial charge in [0.15, 0.2) is 5.82 Å². The molecule has 10 heteroatoms. The van der Waals surface area contributed by atoms with E-state index in [2.05, 4.69) is 31.2 Å². The van der Waals surface area contributed by atoms with Crippen LogP contribution < -0.4 is 10.6 Å². The van der Waals surface area contributed by atoms with Crippen LogP contribution in [0.5, 0.6) is 0 Å². The van der Waals surface area contributed by atoms with Gasteiger partial charge in [0, 0.05) is 17.2 Å². The summed E-state index contributed by atoms with van der Waals surface area (Å²) >= 11 is 0. The maximum absolute atomic E-state index is 12.5. The van der Waals surface area contributed by atoms with Crippen LogP contribution in [0.15, 0.2) is 65.2 Å². The van der Waals surface area contributed by atoms with Crippen molar-refractivity contribution in [3.63, 3.8) is 0 Å². The third-order valence-corrected chi connectivity index (χ3v) is 4.09. The van der Waals surface area contributed by atoms with E-state index in [1.54, 1.807) is 61.5 Å². The first kappa shape index (κ1) is 19.0. The second-order valence-corrected chi connectivity index (χ2v) is 6.38. The molecule has 0 radical (unpaired) electrons. The molecule has 2 N–H and O–H groups in total. The molecule has 0 bridgehead atoms. The predicted octanol–water partition coefficient (Wildman–Crippen LogP) is 2.53. The Morgan fingerprint density at radius 1 is 1.03 bits per heavy atom. The van der Waals surface area contributed by atoms with Gasteiger partial charge in [-0.25, -0.2) is 0 Å². The molecule has 30 heavy (non-hydrogen) atoms. The molecule has 4 rings (SSSR count). The van der Waals surface area contributed by atoms with Crippen LogP contribution in [0.2, 0.25) is 0 Å². The highest BCUT2D eigenvalue weighted by molar-refractivity contribution is 6.06. The Bertz CT molecular complexity index is 1180. The van der Waals surface area contributed by atoms with Gasteiger partial charge in [-0.05, 0) is 36.4 Å². The summed E-state index contributed by atoms with van der Waals surface area (Å²) in [6.45, 7) is 1.57. The molecule has 4 aromatic rings. The number of carbonyl (C=O) groups excluding carboxylic acids is 2. The number of anilines is 2. The Morgan fingerprint density at radius 3 is 2.57 bits per heavy atom. The summed E-state index contributed by atoms with van der Waals surface area (Å²) in [6, 6.07) is 17.6. The fourth-order valence-corrected chi connectivity index (χ4v) is 2.73. The number of aryl methyl sites for hydroxylation is 1. The first-order valence-electron chi connectivity index (χ1n) is 9.05. The van der Waals surface area contributed by atoms with Crippen LogP contribution in [0, 0.1) is 6.92 Å². The summed E-state index contributed by atoms with van der Waals surface area (Å²) in [5, 5.41) is 21.3. The predicted molar refractivity (Wildman–Crippen MR) is 108 cm³/mol. The summed E-state index contributed by atoms with van der Waals surface area (Å²) in [5.74, 6) is 0.548. The van der Waals surface area contributed by atoms with Gasteiger partial charge >= 0.3 is 0 Å². The topological polar surface area (TPSA) is 128 Å². The highest BCUT2D eigenvalue weighted by Crippen LogP contribution is 2.24.